The Morgan fingerprint density at radius 2 is 2.32 bits per heavy atom. The van der Waals surface area contributed by atoms with Crippen LogP contribution in [0.25, 0.3) is 0 Å². The van der Waals surface area contributed by atoms with Crippen molar-refractivity contribution in [3.63, 3.8) is 0 Å². The van der Waals surface area contributed by atoms with Crippen LogP contribution in [-0.4, -0.2) is 44.3 Å². The molecule has 0 saturated carbocycles. The van der Waals surface area contributed by atoms with E-state index in [1.807, 2.05) is 18.2 Å². The molecule has 0 aromatic heterocycles. The maximum absolute atomic E-state index is 11.2. The molecule has 0 N–H and O–H groups in total. The quantitative estimate of drug-likeness (QED) is 0.773. The van der Waals surface area contributed by atoms with Gasteiger partial charge in [0.1, 0.15) is 18.3 Å². The Kier molecular flexibility index (Phi) is 3.25. The van der Waals surface area contributed by atoms with E-state index in [0.29, 0.717) is 23.8 Å². The Hall–Kier alpha value is -1.82. The first kappa shape index (κ1) is 12.2. The van der Waals surface area contributed by atoms with Gasteiger partial charge in [-0.3, -0.25) is 0 Å². The Bertz CT molecular complexity index is 476. The number of ether oxygens (including phenoxy) is 2. The average Bonchev–Trinajstić information content (AvgIpc) is 2.41. The molecule has 1 aromatic carbocycles. The van der Waals surface area contributed by atoms with Crippen LogP contribution < -0.4 is 14.5 Å². The summed E-state index contributed by atoms with van der Waals surface area (Å²) >= 11 is 0. The largest absolute Gasteiger partial charge is 0.493 e. The second-order valence-electron chi connectivity index (χ2n) is 4.85. The van der Waals surface area contributed by atoms with Gasteiger partial charge in [-0.05, 0) is 31.6 Å². The Labute approximate surface area is 111 Å². The van der Waals surface area contributed by atoms with Gasteiger partial charge in [0.25, 0.3) is 0 Å². The van der Waals surface area contributed by atoms with Crippen LogP contribution in [0.5, 0.6) is 11.5 Å². The summed E-state index contributed by atoms with van der Waals surface area (Å²) in [4.78, 5) is 13.5. The fraction of sp³-hybridized carbons (Fsp3) is 0.538. The number of likely N-dealkylation sites (tertiary alicyclic amines) is 1. The first-order valence-electron chi connectivity index (χ1n) is 6.48. The van der Waals surface area contributed by atoms with Crippen LogP contribution in [0.15, 0.2) is 23.5 Å². The highest BCUT2D eigenvalue weighted by molar-refractivity contribution is 5.66. The molecule has 0 amide bonds. The van der Waals surface area contributed by atoms with Crippen molar-refractivity contribution in [3.8, 4) is 11.5 Å². The predicted molar refractivity (Wildman–Crippen MR) is 71.6 cm³/mol. The van der Waals surface area contributed by atoms with E-state index in [0.717, 1.165) is 19.6 Å². The van der Waals surface area contributed by atoms with Gasteiger partial charge < -0.3 is 14.4 Å². The molecule has 3 rings (SSSR count). The van der Waals surface area contributed by atoms with E-state index in [9.17, 15) is 4.91 Å². The Morgan fingerprint density at radius 3 is 2.95 bits per heavy atom. The van der Waals surface area contributed by atoms with Gasteiger partial charge in [-0.2, -0.15) is 0 Å². The zero-order chi connectivity index (χ0) is 13.2. The lowest BCUT2D eigenvalue weighted by molar-refractivity contribution is 0.141. The van der Waals surface area contributed by atoms with Crippen molar-refractivity contribution in [2.75, 3.05) is 38.4 Å². The lowest BCUT2D eigenvalue weighted by Crippen LogP contribution is -2.51. The van der Waals surface area contributed by atoms with Crippen LogP contribution in [0, 0.1) is 4.91 Å². The molecule has 0 aliphatic carbocycles. The number of para-hydroxylation sites is 1. The summed E-state index contributed by atoms with van der Waals surface area (Å²) in [6, 6.07) is 5.46. The van der Waals surface area contributed by atoms with Crippen LogP contribution in [0.2, 0.25) is 0 Å². The molecule has 2 heterocycles. The van der Waals surface area contributed by atoms with E-state index in [2.05, 4.69) is 10.2 Å². The number of benzene rings is 1. The average molecular weight is 263 g/mol. The van der Waals surface area contributed by atoms with Gasteiger partial charge in [0.15, 0.2) is 11.5 Å². The minimum Gasteiger partial charge on any atom is -0.493 e. The van der Waals surface area contributed by atoms with Gasteiger partial charge in [-0.15, -0.1) is 4.91 Å². The highest BCUT2D eigenvalue weighted by Crippen LogP contribution is 2.41. The molecule has 6 nitrogen and oxygen atoms in total. The van der Waals surface area contributed by atoms with E-state index in [1.165, 1.54) is 11.4 Å². The van der Waals surface area contributed by atoms with Crippen molar-refractivity contribution in [1.29, 1.82) is 0 Å². The molecule has 1 aromatic rings. The summed E-state index contributed by atoms with van der Waals surface area (Å²) < 4.78 is 11.0. The van der Waals surface area contributed by atoms with Gasteiger partial charge in [0, 0.05) is 6.54 Å². The molecule has 19 heavy (non-hydrogen) atoms. The minimum atomic E-state index is -0.0302. The first-order chi connectivity index (χ1) is 9.33. The van der Waals surface area contributed by atoms with Gasteiger partial charge in [0.05, 0.1) is 12.4 Å². The van der Waals surface area contributed by atoms with Crippen LogP contribution in [0.4, 0.5) is 5.69 Å². The molecular formula is C13H17N3O3. The van der Waals surface area contributed by atoms with Crippen molar-refractivity contribution in [2.45, 2.75) is 12.5 Å². The molecule has 1 saturated heterocycles. The highest BCUT2D eigenvalue weighted by Gasteiger charge is 2.33. The summed E-state index contributed by atoms with van der Waals surface area (Å²) in [6.07, 6.45) is 1.23. The minimum absolute atomic E-state index is 0.0302. The lowest BCUT2D eigenvalue weighted by atomic mass is 10.1. The number of hydrogen-bond donors (Lipinski definition) is 0. The third-order valence-corrected chi connectivity index (χ3v) is 3.70. The molecule has 1 fully saturated rings. The Morgan fingerprint density at radius 1 is 1.47 bits per heavy atom. The smallest absolute Gasteiger partial charge is 0.186 e. The summed E-state index contributed by atoms with van der Waals surface area (Å²) in [5.74, 6) is 1.23. The summed E-state index contributed by atoms with van der Waals surface area (Å²) in [5, 5.41) is 4.69. The van der Waals surface area contributed by atoms with Crippen molar-refractivity contribution in [1.82, 2.24) is 4.90 Å². The third kappa shape index (κ3) is 2.12. The van der Waals surface area contributed by atoms with E-state index in [4.69, 9.17) is 9.47 Å². The maximum atomic E-state index is 11.2. The molecule has 0 bridgehead atoms. The predicted octanol–water partition coefficient (Wildman–Crippen LogP) is 1.65. The van der Waals surface area contributed by atoms with E-state index in [-0.39, 0.29) is 6.04 Å². The van der Waals surface area contributed by atoms with E-state index < -0.39 is 0 Å². The number of methoxy groups -OCH3 is 1. The molecule has 0 radical (unpaired) electrons. The van der Waals surface area contributed by atoms with Crippen LogP contribution in [0.1, 0.15) is 6.42 Å². The molecule has 1 atom stereocenters. The molecule has 102 valence electrons. The molecule has 1 unspecified atom stereocenters. The van der Waals surface area contributed by atoms with Crippen molar-refractivity contribution in [2.24, 2.45) is 5.29 Å². The summed E-state index contributed by atoms with van der Waals surface area (Å²) in [7, 11) is 1.59. The Balaban J connectivity index is 1.86. The SMILES string of the molecule is COc1cccc2c1OCC(CN1CCC1)N2N=O. The van der Waals surface area contributed by atoms with Gasteiger partial charge in [0.2, 0.25) is 0 Å². The standard InChI is InChI=1S/C13H17N3O3/c1-18-12-5-2-4-11-13(12)19-9-10(16(11)14-17)8-15-6-3-7-15/h2,4-5,10H,3,6-9H2,1H3. The van der Waals surface area contributed by atoms with Gasteiger partial charge >= 0.3 is 0 Å². The fourth-order valence-electron chi connectivity index (χ4n) is 2.54. The zero-order valence-corrected chi connectivity index (χ0v) is 10.9. The summed E-state index contributed by atoms with van der Waals surface area (Å²) in [6.45, 7) is 3.44. The normalized spacial score (nSPS) is 22.2. The molecule has 2 aliphatic rings. The number of nitrogens with zero attached hydrogens (tertiary/aromatic N) is 3. The number of anilines is 1. The van der Waals surface area contributed by atoms with Crippen molar-refractivity contribution >= 4 is 5.69 Å². The lowest BCUT2D eigenvalue weighted by Gasteiger charge is -2.39. The highest BCUT2D eigenvalue weighted by atomic mass is 16.5. The second-order valence-corrected chi connectivity index (χ2v) is 4.85. The fourth-order valence-corrected chi connectivity index (χ4v) is 2.54. The number of nitroso groups, excluding NO2 is 1. The number of fused-ring (bicyclic) bond motifs is 1. The molecular weight excluding hydrogens is 246 g/mol. The first-order valence-corrected chi connectivity index (χ1v) is 6.48. The number of hydrogen-bond acceptors (Lipinski definition) is 5. The van der Waals surface area contributed by atoms with E-state index in [1.54, 1.807) is 7.11 Å². The summed E-state index contributed by atoms with van der Waals surface area (Å²) in [5.41, 5.74) is 0.686. The van der Waals surface area contributed by atoms with Crippen molar-refractivity contribution < 1.29 is 9.47 Å². The van der Waals surface area contributed by atoms with Crippen molar-refractivity contribution in [3.05, 3.63) is 23.1 Å². The number of rotatable bonds is 4. The van der Waals surface area contributed by atoms with Crippen LogP contribution in [-0.2, 0) is 0 Å². The van der Waals surface area contributed by atoms with Gasteiger partial charge in [-0.25, -0.2) is 5.01 Å². The second kappa shape index (κ2) is 5.05. The topological polar surface area (TPSA) is 54.4 Å². The molecule has 2 aliphatic heterocycles. The third-order valence-electron chi connectivity index (χ3n) is 3.70. The van der Waals surface area contributed by atoms with E-state index >= 15 is 0 Å². The zero-order valence-electron chi connectivity index (χ0n) is 10.9. The van der Waals surface area contributed by atoms with Crippen LogP contribution >= 0.6 is 0 Å². The van der Waals surface area contributed by atoms with Crippen LogP contribution in [0.3, 0.4) is 0 Å². The molecule has 0 spiro atoms. The van der Waals surface area contributed by atoms with Gasteiger partial charge in [-0.1, -0.05) is 6.07 Å². The monoisotopic (exact) mass is 263 g/mol. The molecule has 6 heteroatoms. The maximum Gasteiger partial charge on any atom is 0.186 e.